The first-order valence-corrected chi connectivity index (χ1v) is 11.8. The van der Waals surface area contributed by atoms with Crippen LogP contribution in [-0.2, 0) is 0 Å². The van der Waals surface area contributed by atoms with E-state index in [2.05, 4.69) is 58.3 Å². The fourth-order valence-corrected chi connectivity index (χ4v) is 2.54. The molecule has 0 aromatic heterocycles. The molecule has 0 aromatic carbocycles. The molecule has 2 aliphatic heterocycles. The summed E-state index contributed by atoms with van der Waals surface area (Å²) in [5, 5.41) is 6.40. The van der Waals surface area contributed by atoms with Crippen LogP contribution in [0.5, 0.6) is 0 Å². The van der Waals surface area contributed by atoms with E-state index in [-0.39, 0.29) is 48.9 Å². The molecule has 2 rings (SSSR count). The van der Waals surface area contributed by atoms with Crippen molar-refractivity contribution in [1.29, 1.82) is 0 Å². The summed E-state index contributed by atoms with van der Waals surface area (Å²) >= 11 is 0. The third-order valence-electron chi connectivity index (χ3n) is 4.49. The van der Waals surface area contributed by atoms with Gasteiger partial charge in [0.2, 0.25) is 0 Å². The Morgan fingerprint density at radius 1 is 0.484 bits per heavy atom. The van der Waals surface area contributed by atoms with Gasteiger partial charge in [-0.3, -0.25) is 20.0 Å². The number of hydrogen-bond donors (Lipinski definition) is 2. The summed E-state index contributed by atoms with van der Waals surface area (Å²) in [7, 11) is 0. The zero-order valence-corrected chi connectivity index (χ0v) is 19.6. The Hall–Kier alpha value is -0.669. The molecule has 2 N–H and O–H groups in total. The van der Waals surface area contributed by atoms with Crippen LogP contribution in [0.1, 0.15) is 79.1 Å². The monoisotopic (exact) mass is 554 g/mol. The molecule has 31 heavy (non-hydrogen) atoms. The Morgan fingerprint density at radius 2 is 0.710 bits per heavy atom. The number of nitrogens with one attached hydrogen (secondary N) is 2. The van der Waals surface area contributed by atoms with Gasteiger partial charge in [0.15, 0.2) is 0 Å². The Bertz CT molecular complexity index is 538. The third kappa shape index (κ3) is 15.7. The maximum absolute atomic E-state index is 4.43. The molecule has 2 heterocycles. The third-order valence-corrected chi connectivity index (χ3v) is 4.49. The van der Waals surface area contributed by atoms with Crippen LogP contribution in [0.2, 0.25) is 0 Å². The Morgan fingerprint density at radius 3 is 0.903 bits per heavy atom. The number of hydrogen-bond acceptors (Lipinski definition) is 4. The molecule has 0 aromatic rings. The molecule has 0 saturated heterocycles. The van der Waals surface area contributed by atoms with Crippen LogP contribution in [-0.4, -0.2) is 98.4 Å². The molecular formula is C24H44BaN6. The Kier molecular flexibility index (Phi) is 20.7. The number of aliphatic imine (C=N–C) groups is 4. The average molecular weight is 554 g/mol. The van der Waals surface area contributed by atoms with Crippen molar-refractivity contribution < 1.29 is 0 Å². The normalized spacial score (nSPS) is 19.5. The van der Waals surface area contributed by atoms with Gasteiger partial charge in [0, 0.05) is 26.2 Å². The molecule has 172 valence electrons. The van der Waals surface area contributed by atoms with Crippen LogP contribution in [0.15, 0.2) is 44.3 Å². The van der Waals surface area contributed by atoms with Gasteiger partial charge in [-0.1, -0.05) is 53.4 Å². The van der Waals surface area contributed by atoms with Crippen LogP contribution in [0, 0.1) is 0 Å². The molecule has 6 nitrogen and oxygen atoms in total. The van der Waals surface area contributed by atoms with Crippen LogP contribution in [0.4, 0.5) is 0 Å². The standard InChI is InChI=1S/2C12H21N3.Ba.2H/c2*1-3-5-9-13-11-7-8-12(15-11)14-10-6-4-2;;;/h2*7-8H,3-6,9-10H2,1-2H3,(H,13,14,15);;;. The molecule has 0 unspecified atom stereocenters. The summed E-state index contributed by atoms with van der Waals surface area (Å²) in [4.78, 5) is 17.7. The van der Waals surface area contributed by atoms with Crippen molar-refractivity contribution in [2.75, 3.05) is 26.2 Å². The second-order valence-corrected chi connectivity index (χ2v) is 7.40. The van der Waals surface area contributed by atoms with Gasteiger partial charge in [0.05, 0.1) is 0 Å². The van der Waals surface area contributed by atoms with Gasteiger partial charge in [-0.2, -0.15) is 0 Å². The summed E-state index contributed by atoms with van der Waals surface area (Å²) in [5.41, 5.74) is 0. The number of amidine groups is 4. The minimum absolute atomic E-state index is 0. The summed E-state index contributed by atoms with van der Waals surface area (Å²) in [5.74, 6) is 3.83. The second kappa shape index (κ2) is 21.2. The molecular weight excluding hydrogens is 510 g/mol. The fourth-order valence-electron chi connectivity index (χ4n) is 2.54. The van der Waals surface area contributed by atoms with Crippen molar-refractivity contribution in [3.8, 4) is 0 Å². The first kappa shape index (κ1) is 30.3. The van der Waals surface area contributed by atoms with Gasteiger partial charge in [-0.25, -0.2) is 0 Å². The maximum atomic E-state index is 4.43. The molecule has 2 aliphatic rings. The first-order chi connectivity index (χ1) is 14.7. The van der Waals surface area contributed by atoms with Gasteiger partial charge in [0.1, 0.15) is 23.3 Å². The predicted molar refractivity (Wildman–Crippen MR) is 142 cm³/mol. The zero-order valence-electron chi connectivity index (χ0n) is 19.6. The minimum atomic E-state index is 0. The van der Waals surface area contributed by atoms with E-state index in [0.29, 0.717) is 0 Å². The van der Waals surface area contributed by atoms with Gasteiger partial charge in [-0.05, 0) is 50.0 Å². The molecule has 0 radical (unpaired) electrons. The predicted octanol–water partition coefficient (Wildman–Crippen LogP) is 4.17. The Labute approximate surface area is 230 Å². The van der Waals surface area contributed by atoms with E-state index in [1.165, 1.54) is 25.7 Å². The van der Waals surface area contributed by atoms with E-state index < -0.39 is 0 Å². The van der Waals surface area contributed by atoms with E-state index >= 15 is 0 Å². The molecule has 0 spiro atoms. The first-order valence-electron chi connectivity index (χ1n) is 11.8. The molecule has 0 fully saturated rings. The Balaban J connectivity index is 0.000000562. The number of rotatable bonds is 12. The number of nitrogens with zero attached hydrogens (tertiary/aromatic N) is 4. The molecule has 0 amide bonds. The van der Waals surface area contributed by atoms with E-state index in [1.807, 2.05) is 24.3 Å². The van der Waals surface area contributed by atoms with Crippen molar-refractivity contribution in [3.05, 3.63) is 24.3 Å². The van der Waals surface area contributed by atoms with Crippen molar-refractivity contribution in [2.24, 2.45) is 20.0 Å². The van der Waals surface area contributed by atoms with E-state index in [1.54, 1.807) is 0 Å². The molecule has 0 aliphatic carbocycles. The molecule has 0 saturated carbocycles. The fraction of sp³-hybridized carbons (Fsp3) is 0.667. The molecule has 7 heteroatoms. The number of unbranched alkanes of at least 4 members (excludes halogenated alkanes) is 4. The van der Waals surface area contributed by atoms with Gasteiger partial charge in [-0.15, -0.1) is 0 Å². The van der Waals surface area contributed by atoms with Crippen molar-refractivity contribution in [3.63, 3.8) is 0 Å². The van der Waals surface area contributed by atoms with E-state index in [4.69, 9.17) is 0 Å². The average Bonchev–Trinajstić information content (AvgIpc) is 3.39. The topological polar surface area (TPSA) is 73.5 Å². The van der Waals surface area contributed by atoms with Gasteiger partial charge in [0.25, 0.3) is 0 Å². The van der Waals surface area contributed by atoms with Crippen LogP contribution < -0.4 is 10.6 Å². The van der Waals surface area contributed by atoms with Crippen molar-refractivity contribution >= 4 is 72.2 Å². The SMILES string of the molecule is CCCCN=C1C=CC(=NCCCC)N1.CCCCN=C1C=CC(=NCCCC)N1.[BaH2]. The summed E-state index contributed by atoms with van der Waals surface area (Å²) in [6.07, 6.45) is 17.4. The van der Waals surface area contributed by atoms with Crippen LogP contribution in [0.25, 0.3) is 0 Å². The summed E-state index contributed by atoms with van der Waals surface area (Å²) in [6.45, 7) is 12.3. The van der Waals surface area contributed by atoms with Gasteiger partial charge >= 0.3 is 48.9 Å². The quantitative estimate of drug-likeness (QED) is 0.281. The van der Waals surface area contributed by atoms with E-state index in [0.717, 1.165) is 75.2 Å². The van der Waals surface area contributed by atoms with Crippen molar-refractivity contribution in [2.45, 2.75) is 79.1 Å². The second-order valence-electron chi connectivity index (χ2n) is 7.40. The van der Waals surface area contributed by atoms with Crippen LogP contribution in [0.3, 0.4) is 0 Å². The van der Waals surface area contributed by atoms with Gasteiger partial charge < -0.3 is 10.6 Å². The van der Waals surface area contributed by atoms with Crippen molar-refractivity contribution in [1.82, 2.24) is 10.6 Å². The molecule has 0 bridgehead atoms. The zero-order chi connectivity index (χ0) is 21.9. The van der Waals surface area contributed by atoms with Crippen LogP contribution >= 0.6 is 0 Å². The molecule has 0 atom stereocenters. The summed E-state index contributed by atoms with van der Waals surface area (Å²) in [6, 6.07) is 0. The van der Waals surface area contributed by atoms with E-state index in [9.17, 15) is 0 Å². The summed E-state index contributed by atoms with van der Waals surface area (Å²) < 4.78 is 0.